The van der Waals surface area contributed by atoms with Gasteiger partial charge in [0.25, 0.3) is 0 Å². The largest absolute Gasteiger partial charge is 0.450 e. The molecule has 33 heavy (non-hydrogen) atoms. The third-order valence-electron chi connectivity index (χ3n) is 5.96. The fourth-order valence-corrected chi connectivity index (χ4v) is 4.23. The van der Waals surface area contributed by atoms with Crippen LogP contribution in [0.1, 0.15) is 30.9 Å². The van der Waals surface area contributed by atoms with Gasteiger partial charge in [-0.2, -0.15) is 5.10 Å². The van der Waals surface area contributed by atoms with Gasteiger partial charge in [-0.15, -0.1) is 0 Å². The lowest BCUT2D eigenvalue weighted by Gasteiger charge is -2.31. The Balaban J connectivity index is 1.38. The summed E-state index contributed by atoms with van der Waals surface area (Å²) in [4.78, 5) is 26.5. The molecule has 1 aromatic heterocycles. The molecule has 3 aromatic rings. The highest BCUT2D eigenvalue weighted by Crippen LogP contribution is 2.25. The van der Waals surface area contributed by atoms with E-state index in [1.54, 1.807) is 18.0 Å². The number of nitrogens with zero attached hydrogens (tertiary/aromatic N) is 3. The van der Waals surface area contributed by atoms with Crippen molar-refractivity contribution in [2.24, 2.45) is 5.92 Å². The molecule has 4 rings (SSSR count). The summed E-state index contributed by atoms with van der Waals surface area (Å²) >= 11 is 0. The van der Waals surface area contributed by atoms with E-state index in [0.29, 0.717) is 26.2 Å². The van der Waals surface area contributed by atoms with Crippen LogP contribution in [0.3, 0.4) is 0 Å². The van der Waals surface area contributed by atoms with Crippen LogP contribution in [0, 0.1) is 5.92 Å². The minimum absolute atomic E-state index is 0.0200. The molecule has 7 heteroatoms. The monoisotopic (exact) mass is 446 g/mol. The van der Waals surface area contributed by atoms with Gasteiger partial charge in [0, 0.05) is 32.0 Å². The summed E-state index contributed by atoms with van der Waals surface area (Å²) in [5.74, 6) is -0.231. The molecule has 1 aliphatic heterocycles. The fraction of sp³-hybridized carbons (Fsp3) is 0.346. The van der Waals surface area contributed by atoms with Crippen LogP contribution in [0.5, 0.6) is 0 Å². The summed E-state index contributed by atoms with van der Waals surface area (Å²) in [7, 11) is 0. The van der Waals surface area contributed by atoms with Crippen molar-refractivity contribution < 1.29 is 14.3 Å². The van der Waals surface area contributed by atoms with E-state index in [2.05, 4.69) is 40.7 Å². The molecule has 0 bridgehead atoms. The molecule has 172 valence electrons. The third kappa shape index (κ3) is 5.80. The van der Waals surface area contributed by atoms with Crippen LogP contribution in [0.2, 0.25) is 0 Å². The number of amides is 2. The van der Waals surface area contributed by atoms with Crippen LogP contribution in [0.25, 0.3) is 11.1 Å². The molecule has 2 aromatic carbocycles. The number of benzene rings is 2. The first-order valence-electron chi connectivity index (χ1n) is 11.5. The Morgan fingerprint density at radius 2 is 1.94 bits per heavy atom. The maximum absolute atomic E-state index is 12.8. The van der Waals surface area contributed by atoms with Crippen LogP contribution in [0.15, 0.2) is 67.0 Å². The van der Waals surface area contributed by atoms with E-state index >= 15 is 0 Å². The molecule has 2 heterocycles. The summed E-state index contributed by atoms with van der Waals surface area (Å²) in [5.41, 5.74) is 4.44. The molecule has 1 saturated heterocycles. The SMILES string of the molecule is CCOC(=O)N1CCCC(C(=O)NCc2ccccc2-c2ccc(Cn3cccn3)cc2)C1. The van der Waals surface area contributed by atoms with Crippen molar-refractivity contribution in [3.05, 3.63) is 78.1 Å². The van der Waals surface area contributed by atoms with Gasteiger partial charge in [0.2, 0.25) is 5.91 Å². The number of carbonyl (C=O) groups excluding carboxylic acids is 2. The normalized spacial score (nSPS) is 15.8. The maximum atomic E-state index is 12.8. The zero-order chi connectivity index (χ0) is 23.0. The summed E-state index contributed by atoms with van der Waals surface area (Å²) in [6.07, 6.45) is 4.97. The molecular weight excluding hydrogens is 416 g/mol. The molecule has 1 aliphatic rings. The average molecular weight is 447 g/mol. The molecule has 1 N–H and O–H groups in total. The molecule has 0 radical (unpaired) electrons. The number of nitrogens with one attached hydrogen (secondary N) is 1. The zero-order valence-electron chi connectivity index (χ0n) is 18.9. The van der Waals surface area contributed by atoms with Gasteiger partial charge >= 0.3 is 6.09 Å². The second-order valence-corrected chi connectivity index (χ2v) is 8.26. The van der Waals surface area contributed by atoms with Crippen LogP contribution in [-0.4, -0.2) is 46.4 Å². The molecular formula is C26H30N4O3. The molecule has 1 atom stereocenters. The minimum Gasteiger partial charge on any atom is -0.450 e. The van der Waals surface area contributed by atoms with Gasteiger partial charge in [-0.1, -0.05) is 48.5 Å². The Kier molecular flexibility index (Phi) is 7.40. The smallest absolute Gasteiger partial charge is 0.409 e. The summed E-state index contributed by atoms with van der Waals surface area (Å²) in [5, 5.41) is 7.34. The lowest BCUT2D eigenvalue weighted by molar-refractivity contribution is -0.126. The van der Waals surface area contributed by atoms with E-state index in [4.69, 9.17) is 4.74 Å². The summed E-state index contributed by atoms with van der Waals surface area (Å²) in [6.45, 7) is 4.35. The van der Waals surface area contributed by atoms with Crippen molar-refractivity contribution in [1.82, 2.24) is 20.0 Å². The lowest BCUT2D eigenvalue weighted by atomic mass is 9.96. The molecule has 0 aliphatic carbocycles. The number of carbonyl (C=O) groups is 2. The van der Waals surface area contributed by atoms with Crippen molar-refractivity contribution in [3.8, 4) is 11.1 Å². The van der Waals surface area contributed by atoms with Crippen LogP contribution in [-0.2, 0) is 22.6 Å². The Labute approximate surface area is 194 Å². The Bertz CT molecular complexity index is 1060. The zero-order valence-corrected chi connectivity index (χ0v) is 18.9. The first kappa shape index (κ1) is 22.6. The van der Waals surface area contributed by atoms with Gasteiger partial charge in [0.15, 0.2) is 0 Å². The number of likely N-dealkylation sites (tertiary alicyclic amines) is 1. The molecule has 0 spiro atoms. The second kappa shape index (κ2) is 10.8. The van der Waals surface area contributed by atoms with Crippen molar-refractivity contribution in [2.45, 2.75) is 32.9 Å². The highest BCUT2D eigenvalue weighted by atomic mass is 16.6. The molecule has 1 unspecified atom stereocenters. The van der Waals surface area contributed by atoms with E-state index in [-0.39, 0.29) is 17.9 Å². The van der Waals surface area contributed by atoms with Crippen molar-refractivity contribution in [2.75, 3.05) is 19.7 Å². The van der Waals surface area contributed by atoms with Crippen molar-refractivity contribution >= 4 is 12.0 Å². The van der Waals surface area contributed by atoms with Gasteiger partial charge in [-0.25, -0.2) is 4.79 Å². The summed E-state index contributed by atoms with van der Waals surface area (Å²) in [6, 6.07) is 18.5. The second-order valence-electron chi connectivity index (χ2n) is 8.26. The predicted molar refractivity (Wildman–Crippen MR) is 126 cm³/mol. The quantitative estimate of drug-likeness (QED) is 0.593. The Morgan fingerprint density at radius 3 is 2.70 bits per heavy atom. The first-order chi connectivity index (χ1) is 16.1. The van der Waals surface area contributed by atoms with Gasteiger partial charge in [0.1, 0.15) is 0 Å². The lowest BCUT2D eigenvalue weighted by Crippen LogP contribution is -2.45. The van der Waals surface area contributed by atoms with Gasteiger partial charge < -0.3 is 15.0 Å². The van der Waals surface area contributed by atoms with E-state index in [1.807, 2.05) is 35.1 Å². The number of aromatic nitrogens is 2. The number of hydrogen-bond acceptors (Lipinski definition) is 4. The Hall–Kier alpha value is -3.61. The molecule has 7 nitrogen and oxygen atoms in total. The van der Waals surface area contributed by atoms with E-state index in [0.717, 1.165) is 36.1 Å². The van der Waals surface area contributed by atoms with Crippen molar-refractivity contribution in [3.63, 3.8) is 0 Å². The number of hydrogen-bond donors (Lipinski definition) is 1. The van der Waals surface area contributed by atoms with Crippen LogP contribution < -0.4 is 5.32 Å². The molecule has 0 saturated carbocycles. The topological polar surface area (TPSA) is 76.5 Å². The van der Waals surface area contributed by atoms with Gasteiger partial charge in [0.05, 0.1) is 19.1 Å². The predicted octanol–water partition coefficient (Wildman–Crippen LogP) is 4.08. The molecule has 2 amide bonds. The third-order valence-corrected chi connectivity index (χ3v) is 5.96. The van der Waals surface area contributed by atoms with Crippen LogP contribution in [0.4, 0.5) is 4.79 Å². The van der Waals surface area contributed by atoms with Crippen molar-refractivity contribution in [1.29, 1.82) is 0 Å². The number of rotatable bonds is 7. The highest BCUT2D eigenvalue weighted by Gasteiger charge is 2.29. The van der Waals surface area contributed by atoms with Crippen LogP contribution >= 0.6 is 0 Å². The summed E-state index contributed by atoms with van der Waals surface area (Å²) < 4.78 is 6.99. The first-order valence-corrected chi connectivity index (χ1v) is 11.5. The molecule has 1 fully saturated rings. The average Bonchev–Trinajstić information content (AvgIpc) is 3.36. The fourth-order valence-electron chi connectivity index (χ4n) is 4.23. The number of piperidine rings is 1. The van der Waals surface area contributed by atoms with E-state index in [1.165, 1.54) is 5.56 Å². The highest BCUT2D eigenvalue weighted by molar-refractivity contribution is 5.80. The van der Waals surface area contributed by atoms with E-state index in [9.17, 15) is 9.59 Å². The maximum Gasteiger partial charge on any atom is 0.409 e. The van der Waals surface area contributed by atoms with E-state index < -0.39 is 0 Å². The van der Waals surface area contributed by atoms with Gasteiger partial charge in [-0.05, 0) is 48.1 Å². The number of ether oxygens (including phenoxy) is 1. The minimum atomic E-state index is -0.337. The van der Waals surface area contributed by atoms with Gasteiger partial charge in [-0.3, -0.25) is 9.48 Å². The Morgan fingerprint density at radius 1 is 1.12 bits per heavy atom. The standard InChI is InChI=1S/C26H30N4O3/c1-2-33-26(32)29-15-5-8-23(19-29)25(31)27-17-22-7-3-4-9-24(22)21-12-10-20(11-13-21)18-30-16-6-14-28-30/h3-4,6-7,9-14,16,23H,2,5,8,15,17-19H2,1H3,(H,27,31).